The van der Waals surface area contributed by atoms with E-state index >= 15 is 0 Å². The normalized spacial score (nSPS) is 20.0. The topological polar surface area (TPSA) is 45.1 Å². The van der Waals surface area contributed by atoms with E-state index < -0.39 is 0 Å². The molecule has 2 aromatic heterocycles. The zero-order chi connectivity index (χ0) is 44.8. The van der Waals surface area contributed by atoms with E-state index in [1.807, 2.05) is 12.1 Å². The van der Waals surface area contributed by atoms with Gasteiger partial charge >= 0.3 is 0 Å². The van der Waals surface area contributed by atoms with Crippen molar-refractivity contribution in [3.8, 4) is 22.3 Å². The Bertz CT molecular complexity index is 3600. The molecule has 0 radical (unpaired) electrons. The van der Waals surface area contributed by atoms with E-state index in [-0.39, 0.29) is 18.0 Å². The molecule has 0 saturated heterocycles. The van der Waals surface area contributed by atoms with Gasteiger partial charge in [-0.3, -0.25) is 0 Å². The third kappa shape index (κ3) is 6.47. The molecule has 0 amide bonds. The fourth-order valence-electron chi connectivity index (χ4n) is 11.4. The Hall–Kier alpha value is -7.89. The lowest BCUT2D eigenvalue weighted by Gasteiger charge is -2.39. The van der Waals surface area contributed by atoms with Crippen LogP contribution in [0, 0.1) is 5.92 Å². The first-order valence-corrected chi connectivity index (χ1v) is 23.6. The summed E-state index contributed by atoms with van der Waals surface area (Å²) in [4.78, 5) is 10.3. The molecule has 5 nitrogen and oxygen atoms in total. The molecule has 4 heterocycles. The fraction of sp³-hybridized carbons (Fsp3) is 0.145. The molecule has 2 aliphatic heterocycles. The standard InChI is InChI=1S/C62H49N3O2/c1-38-33-44-17-7-8-20-46(44)52(34-38)59-61-58(51-22-10-12-26-57(51)67-61)50-32-31-43(36-55(50)64(59)2)42-18-13-19-45(35-42)62-63-53(37-54(65(62)3)41-15-5-4-6-16-41)40-29-27-39(28-30-40)47-23-14-24-49-48-21-9-11-25-56(48)66-60(47)49/h4-32,34,36-38,42,54,59H,33,35H2,1-3H3. The minimum Gasteiger partial charge on any atom is -0.458 e. The van der Waals surface area contributed by atoms with Crippen LogP contribution in [0.1, 0.15) is 64.9 Å². The van der Waals surface area contributed by atoms with E-state index in [1.54, 1.807) is 0 Å². The Balaban J connectivity index is 0.854. The minimum absolute atomic E-state index is 0.00757. The molecule has 324 valence electrons. The van der Waals surface area contributed by atoms with Crippen LogP contribution >= 0.6 is 0 Å². The van der Waals surface area contributed by atoms with Crippen molar-refractivity contribution >= 4 is 55.7 Å². The minimum atomic E-state index is -0.0650. The lowest BCUT2D eigenvalue weighted by molar-refractivity contribution is 0.432. The van der Waals surface area contributed by atoms with Gasteiger partial charge < -0.3 is 18.6 Å². The molecule has 0 fully saturated rings. The summed E-state index contributed by atoms with van der Waals surface area (Å²) in [7, 11) is 4.44. The van der Waals surface area contributed by atoms with Crippen LogP contribution in [0.5, 0.6) is 0 Å². The van der Waals surface area contributed by atoms with Crippen LogP contribution in [-0.4, -0.2) is 24.8 Å². The summed E-state index contributed by atoms with van der Waals surface area (Å²) in [6, 6.07) is 58.9. The first-order chi connectivity index (χ1) is 32.9. The summed E-state index contributed by atoms with van der Waals surface area (Å²) < 4.78 is 13.3. The van der Waals surface area contributed by atoms with Crippen LogP contribution in [-0.2, 0) is 6.42 Å². The van der Waals surface area contributed by atoms with Gasteiger partial charge in [-0.2, -0.15) is 0 Å². The van der Waals surface area contributed by atoms with Gasteiger partial charge in [-0.25, -0.2) is 4.99 Å². The van der Waals surface area contributed by atoms with Crippen molar-refractivity contribution in [1.29, 1.82) is 0 Å². The molecule has 0 spiro atoms. The van der Waals surface area contributed by atoms with Crippen LogP contribution in [0.2, 0.25) is 0 Å². The maximum absolute atomic E-state index is 6.88. The van der Waals surface area contributed by atoms with E-state index in [0.29, 0.717) is 5.92 Å². The van der Waals surface area contributed by atoms with Crippen molar-refractivity contribution in [2.45, 2.75) is 37.8 Å². The number of allylic oxidation sites excluding steroid dienone is 4. The van der Waals surface area contributed by atoms with E-state index in [0.717, 1.165) is 74.3 Å². The summed E-state index contributed by atoms with van der Waals surface area (Å²) in [6.45, 7) is 2.33. The number of fused-ring (bicyclic) bond motifs is 9. The number of para-hydroxylation sites is 3. The fourth-order valence-corrected chi connectivity index (χ4v) is 11.4. The van der Waals surface area contributed by atoms with Gasteiger partial charge in [0.05, 0.1) is 11.7 Å². The van der Waals surface area contributed by atoms with Gasteiger partial charge in [0.2, 0.25) is 0 Å². The van der Waals surface area contributed by atoms with E-state index in [4.69, 9.17) is 13.8 Å². The molecule has 67 heavy (non-hydrogen) atoms. The monoisotopic (exact) mass is 867 g/mol. The molecule has 13 rings (SSSR count). The van der Waals surface area contributed by atoms with Gasteiger partial charge in [-0.15, -0.1) is 0 Å². The quantitative estimate of drug-likeness (QED) is 0.167. The number of amidine groups is 1. The lowest BCUT2D eigenvalue weighted by atomic mass is 9.78. The number of aliphatic imine (C=N–C) groups is 1. The van der Waals surface area contributed by atoms with Gasteiger partial charge in [-0.1, -0.05) is 177 Å². The zero-order valence-corrected chi connectivity index (χ0v) is 37.9. The summed E-state index contributed by atoms with van der Waals surface area (Å²) in [5.74, 6) is 2.61. The third-order valence-electron chi connectivity index (χ3n) is 14.7. The lowest BCUT2D eigenvalue weighted by Crippen LogP contribution is -2.34. The van der Waals surface area contributed by atoms with Gasteiger partial charge in [0.25, 0.3) is 0 Å². The highest BCUT2D eigenvalue weighted by Gasteiger charge is 2.39. The number of hydrogen-bond acceptors (Lipinski definition) is 5. The molecule has 0 bridgehead atoms. The molecule has 2 aliphatic carbocycles. The number of nitrogens with zero attached hydrogens (tertiary/aromatic N) is 3. The van der Waals surface area contributed by atoms with Gasteiger partial charge in [0.1, 0.15) is 34.4 Å². The zero-order valence-electron chi connectivity index (χ0n) is 37.9. The van der Waals surface area contributed by atoms with Gasteiger partial charge in [-0.05, 0) is 87.6 Å². The first-order valence-electron chi connectivity index (χ1n) is 23.6. The average Bonchev–Trinajstić information content (AvgIpc) is 3.96. The Morgan fingerprint density at radius 3 is 2.15 bits per heavy atom. The number of anilines is 1. The largest absolute Gasteiger partial charge is 0.458 e. The second-order valence-electron chi connectivity index (χ2n) is 18.8. The van der Waals surface area contributed by atoms with Crippen LogP contribution in [0.15, 0.2) is 214 Å². The maximum atomic E-state index is 6.88. The molecule has 9 aromatic rings. The van der Waals surface area contributed by atoms with Crippen molar-refractivity contribution in [3.05, 3.63) is 233 Å². The van der Waals surface area contributed by atoms with Crippen molar-refractivity contribution < 1.29 is 8.83 Å². The van der Waals surface area contributed by atoms with Crippen LogP contribution in [0.4, 0.5) is 5.69 Å². The molecule has 5 heteroatoms. The number of likely N-dealkylation sites (N-methyl/N-ethyl adjacent to an activating group) is 2. The van der Waals surface area contributed by atoms with Crippen LogP contribution < -0.4 is 4.90 Å². The van der Waals surface area contributed by atoms with Gasteiger partial charge in [0.15, 0.2) is 0 Å². The van der Waals surface area contributed by atoms with Crippen LogP contribution in [0.3, 0.4) is 0 Å². The molecule has 0 N–H and O–H groups in total. The maximum Gasteiger partial charge on any atom is 0.143 e. The molecule has 0 saturated carbocycles. The highest BCUT2D eigenvalue weighted by atomic mass is 16.3. The van der Waals surface area contributed by atoms with Crippen molar-refractivity contribution in [2.24, 2.45) is 10.9 Å². The summed E-state index contributed by atoms with van der Waals surface area (Å²) in [6.07, 6.45) is 13.5. The highest BCUT2D eigenvalue weighted by Crippen LogP contribution is 2.54. The summed E-state index contributed by atoms with van der Waals surface area (Å²) >= 11 is 0. The molecule has 4 aliphatic rings. The predicted octanol–water partition coefficient (Wildman–Crippen LogP) is 15.5. The third-order valence-corrected chi connectivity index (χ3v) is 14.7. The van der Waals surface area contributed by atoms with E-state index in [2.05, 4.69) is 213 Å². The van der Waals surface area contributed by atoms with Crippen molar-refractivity contribution in [3.63, 3.8) is 0 Å². The first kappa shape index (κ1) is 39.5. The summed E-state index contributed by atoms with van der Waals surface area (Å²) in [5.41, 5.74) is 18.5. The highest BCUT2D eigenvalue weighted by molar-refractivity contribution is 6.10. The average molecular weight is 868 g/mol. The van der Waals surface area contributed by atoms with Crippen molar-refractivity contribution in [2.75, 3.05) is 19.0 Å². The Morgan fingerprint density at radius 2 is 1.30 bits per heavy atom. The second kappa shape index (κ2) is 15.6. The number of hydrogen-bond donors (Lipinski definition) is 0. The smallest absolute Gasteiger partial charge is 0.143 e. The Morgan fingerprint density at radius 1 is 0.582 bits per heavy atom. The molecule has 4 unspecified atom stereocenters. The molecule has 4 atom stereocenters. The second-order valence-corrected chi connectivity index (χ2v) is 18.8. The number of rotatable bonds is 6. The molecular weight excluding hydrogens is 819 g/mol. The Labute approximate surface area is 391 Å². The molecular formula is C62H49N3O2. The Kier molecular flexibility index (Phi) is 9.21. The SMILES string of the molecule is CC1C=C(C2c3oc4ccccc4c3-c3ccc(C4C=CC=C(C5=NC(c6ccc(-c7cccc8c7oc7ccccc78)cc6)=CC(c6ccccc6)N5C)C4)cc3N2C)c2ccccc2C1. The number of furan rings is 2. The van der Waals surface area contributed by atoms with E-state index in [9.17, 15) is 0 Å². The van der Waals surface area contributed by atoms with Crippen LogP contribution in [0.25, 0.3) is 66.4 Å². The predicted molar refractivity (Wildman–Crippen MR) is 276 cm³/mol. The van der Waals surface area contributed by atoms with E-state index in [1.165, 1.54) is 55.6 Å². The summed E-state index contributed by atoms with van der Waals surface area (Å²) in [5, 5.41) is 3.44. The molecule has 7 aromatic carbocycles. The van der Waals surface area contributed by atoms with Crippen molar-refractivity contribution in [1.82, 2.24) is 4.90 Å². The number of benzene rings is 7. The van der Waals surface area contributed by atoms with Gasteiger partial charge in [0, 0.05) is 58.5 Å².